The van der Waals surface area contributed by atoms with E-state index >= 15 is 0 Å². The summed E-state index contributed by atoms with van der Waals surface area (Å²) in [6, 6.07) is 5.02. The molecular formula is C14H17ClN2O5. The van der Waals surface area contributed by atoms with Gasteiger partial charge in [-0.25, -0.2) is 9.59 Å². The van der Waals surface area contributed by atoms with Crippen LogP contribution in [0.3, 0.4) is 0 Å². The van der Waals surface area contributed by atoms with Crippen molar-refractivity contribution in [3.05, 3.63) is 29.3 Å². The zero-order chi connectivity index (χ0) is 16.3. The molecule has 7 nitrogen and oxygen atoms in total. The van der Waals surface area contributed by atoms with E-state index in [9.17, 15) is 14.7 Å². The van der Waals surface area contributed by atoms with E-state index in [-0.39, 0.29) is 6.10 Å². The Bertz CT molecular complexity index is 543. The monoisotopic (exact) mass is 328 g/mol. The van der Waals surface area contributed by atoms with E-state index in [1.54, 1.807) is 24.3 Å². The first-order valence-corrected chi connectivity index (χ1v) is 7.13. The molecule has 1 saturated heterocycles. The molecule has 0 bridgehead atoms. The highest BCUT2D eigenvalue weighted by molar-refractivity contribution is 6.30. The number of nitrogens with one attached hydrogen (secondary N) is 1. The number of aliphatic hydroxyl groups excluding tert-OH is 1. The maximum atomic E-state index is 11.9. The average Bonchev–Trinajstić information content (AvgIpc) is 2.40. The van der Waals surface area contributed by atoms with Gasteiger partial charge in [0.2, 0.25) is 0 Å². The first kappa shape index (κ1) is 16.4. The van der Waals surface area contributed by atoms with Crippen molar-refractivity contribution in [1.82, 2.24) is 10.2 Å². The van der Waals surface area contributed by atoms with E-state index in [1.165, 1.54) is 11.8 Å². The van der Waals surface area contributed by atoms with E-state index in [1.807, 2.05) is 0 Å². The summed E-state index contributed by atoms with van der Waals surface area (Å²) < 4.78 is 5.64. The predicted octanol–water partition coefficient (Wildman–Crippen LogP) is 0.947. The van der Waals surface area contributed by atoms with Gasteiger partial charge in [0.1, 0.15) is 11.9 Å². The number of nitrogens with zero attached hydrogens (tertiary/aromatic N) is 1. The number of carbonyl (C=O) groups is 2. The molecule has 2 rings (SSSR count). The van der Waals surface area contributed by atoms with Crippen LogP contribution in [0.25, 0.3) is 0 Å². The summed E-state index contributed by atoms with van der Waals surface area (Å²) in [6.07, 6.45) is -1.33. The fourth-order valence-corrected chi connectivity index (χ4v) is 2.12. The highest BCUT2D eigenvalue weighted by Crippen LogP contribution is 2.20. The summed E-state index contributed by atoms with van der Waals surface area (Å²) in [5.41, 5.74) is 0. The molecule has 0 aliphatic carbocycles. The zero-order valence-corrected chi connectivity index (χ0v) is 12.7. The fraction of sp³-hybridized carbons (Fsp3) is 0.429. The smallest absolute Gasteiger partial charge is 0.328 e. The molecule has 0 aromatic heterocycles. The molecular weight excluding hydrogens is 312 g/mol. The second-order valence-corrected chi connectivity index (χ2v) is 5.54. The Morgan fingerprint density at radius 2 is 1.95 bits per heavy atom. The minimum atomic E-state index is -1.33. The number of aliphatic carboxylic acids is 1. The Morgan fingerprint density at radius 3 is 2.45 bits per heavy atom. The second kappa shape index (κ2) is 6.85. The van der Waals surface area contributed by atoms with Crippen molar-refractivity contribution in [3.8, 4) is 5.75 Å². The highest BCUT2D eigenvalue weighted by atomic mass is 35.5. The summed E-state index contributed by atoms with van der Waals surface area (Å²) in [7, 11) is 0. The number of amides is 2. The van der Waals surface area contributed by atoms with Gasteiger partial charge < -0.3 is 25.2 Å². The lowest BCUT2D eigenvalue weighted by Gasteiger charge is -2.39. The molecule has 0 spiro atoms. The van der Waals surface area contributed by atoms with Crippen molar-refractivity contribution in [2.75, 3.05) is 13.1 Å². The summed E-state index contributed by atoms with van der Waals surface area (Å²) in [6.45, 7) is 2.00. The van der Waals surface area contributed by atoms with E-state index in [0.717, 1.165) is 0 Å². The number of carboxylic acids is 1. The van der Waals surface area contributed by atoms with Gasteiger partial charge in [-0.05, 0) is 31.2 Å². The number of benzene rings is 1. The van der Waals surface area contributed by atoms with Crippen LogP contribution in [0.2, 0.25) is 5.02 Å². The number of carboxylic acid groups (broad SMARTS) is 1. The number of hydrogen-bond donors (Lipinski definition) is 3. The molecule has 0 saturated carbocycles. The standard InChI is InChI=1S/C14H17ClN2O5/c1-8(18)12(13(19)20)16-14(21)17-6-11(7-17)22-10-4-2-9(15)3-5-10/h2-5,8,11-12,18H,6-7H2,1H3,(H,16,21)(H,19,20)/t8-,12+/m1/s1. The Balaban J connectivity index is 1.79. The molecule has 1 aliphatic heterocycles. The van der Waals surface area contributed by atoms with E-state index in [0.29, 0.717) is 23.9 Å². The molecule has 1 aromatic rings. The lowest BCUT2D eigenvalue weighted by atomic mass is 10.1. The Hall–Kier alpha value is -1.99. The van der Waals surface area contributed by atoms with Crippen LogP contribution in [0.1, 0.15) is 6.92 Å². The molecule has 3 N–H and O–H groups in total. The minimum absolute atomic E-state index is 0.151. The molecule has 0 radical (unpaired) electrons. The van der Waals surface area contributed by atoms with Crippen LogP contribution in [0.5, 0.6) is 5.75 Å². The normalized spacial score (nSPS) is 17.3. The van der Waals surface area contributed by atoms with Gasteiger partial charge in [0.25, 0.3) is 0 Å². The van der Waals surface area contributed by atoms with Crippen LogP contribution in [-0.4, -0.2) is 58.5 Å². The van der Waals surface area contributed by atoms with Crippen molar-refractivity contribution in [1.29, 1.82) is 0 Å². The molecule has 1 aromatic carbocycles. The van der Waals surface area contributed by atoms with Crippen LogP contribution in [0.4, 0.5) is 4.79 Å². The van der Waals surface area contributed by atoms with Crippen molar-refractivity contribution in [3.63, 3.8) is 0 Å². The number of carbonyl (C=O) groups excluding carboxylic acids is 1. The number of urea groups is 1. The Morgan fingerprint density at radius 1 is 1.36 bits per heavy atom. The summed E-state index contributed by atoms with van der Waals surface area (Å²) in [5.74, 6) is -0.625. The number of aliphatic hydroxyl groups is 1. The number of ether oxygens (including phenoxy) is 1. The van der Waals surface area contributed by atoms with Crippen LogP contribution in [-0.2, 0) is 4.79 Å². The maximum absolute atomic E-state index is 11.9. The lowest BCUT2D eigenvalue weighted by Crippen LogP contribution is -2.61. The second-order valence-electron chi connectivity index (χ2n) is 5.10. The lowest BCUT2D eigenvalue weighted by molar-refractivity contribution is -0.141. The van der Waals surface area contributed by atoms with E-state index in [2.05, 4.69) is 5.32 Å². The van der Waals surface area contributed by atoms with Gasteiger partial charge >= 0.3 is 12.0 Å². The van der Waals surface area contributed by atoms with Crippen LogP contribution in [0, 0.1) is 0 Å². The average molecular weight is 329 g/mol. The minimum Gasteiger partial charge on any atom is -0.487 e. The third kappa shape index (κ3) is 4.02. The quantitative estimate of drug-likeness (QED) is 0.747. The van der Waals surface area contributed by atoms with Gasteiger partial charge in [-0.3, -0.25) is 0 Å². The first-order valence-electron chi connectivity index (χ1n) is 6.75. The largest absolute Gasteiger partial charge is 0.487 e. The van der Waals surface area contributed by atoms with Crippen molar-refractivity contribution < 1.29 is 24.5 Å². The topological polar surface area (TPSA) is 99.1 Å². The van der Waals surface area contributed by atoms with Gasteiger partial charge in [-0.2, -0.15) is 0 Å². The zero-order valence-electron chi connectivity index (χ0n) is 11.9. The first-order chi connectivity index (χ1) is 10.4. The van der Waals surface area contributed by atoms with E-state index < -0.39 is 24.1 Å². The number of halogens is 1. The Labute approximate surface area is 132 Å². The molecule has 0 unspecified atom stereocenters. The summed E-state index contributed by atoms with van der Waals surface area (Å²) in [5, 5.41) is 21.1. The van der Waals surface area contributed by atoms with Gasteiger partial charge in [-0.1, -0.05) is 11.6 Å². The fourth-order valence-electron chi connectivity index (χ4n) is 2.00. The molecule has 2 amide bonds. The number of likely N-dealkylation sites (tertiary alicyclic amines) is 1. The van der Waals surface area contributed by atoms with Gasteiger partial charge in [-0.15, -0.1) is 0 Å². The number of hydrogen-bond acceptors (Lipinski definition) is 4. The summed E-state index contributed by atoms with van der Waals surface area (Å²) in [4.78, 5) is 24.2. The van der Waals surface area contributed by atoms with Gasteiger partial charge in [0.05, 0.1) is 19.2 Å². The molecule has 1 aliphatic rings. The van der Waals surface area contributed by atoms with Crippen molar-refractivity contribution in [2.24, 2.45) is 0 Å². The Kier molecular flexibility index (Phi) is 5.10. The van der Waals surface area contributed by atoms with Crippen molar-refractivity contribution in [2.45, 2.75) is 25.2 Å². The van der Waals surface area contributed by atoms with Gasteiger partial charge in [0.15, 0.2) is 6.04 Å². The molecule has 2 atom stereocenters. The van der Waals surface area contributed by atoms with Crippen LogP contribution >= 0.6 is 11.6 Å². The van der Waals surface area contributed by atoms with Crippen LogP contribution in [0.15, 0.2) is 24.3 Å². The summed E-state index contributed by atoms with van der Waals surface area (Å²) >= 11 is 5.78. The molecule has 22 heavy (non-hydrogen) atoms. The number of rotatable bonds is 5. The molecule has 1 fully saturated rings. The predicted molar refractivity (Wildman–Crippen MR) is 79.1 cm³/mol. The third-order valence-electron chi connectivity index (χ3n) is 3.28. The highest BCUT2D eigenvalue weighted by Gasteiger charge is 2.35. The van der Waals surface area contributed by atoms with E-state index in [4.69, 9.17) is 21.4 Å². The third-order valence-corrected chi connectivity index (χ3v) is 3.53. The van der Waals surface area contributed by atoms with Crippen molar-refractivity contribution >= 4 is 23.6 Å². The molecule has 120 valence electrons. The maximum Gasteiger partial charge on any atom is 0.328 e. The van der Waals surface area contributed by atoms with Gasteiger partial charge in [0, 0.05) is 5.02 Å². The van der Waals surface area contributed by atoms with Crippen LogP contribution < -0.4 is 10.1 Å². The molecule has 1 heterocycles. The SMILES string of the molecule is C[C@@H](O)[C@H](NC(=O)N1CC(Oc2ccc(Cl)cc2)C1)C(=O)O. The molecule has 8 heteroatoms.